The molecule has 2 aromatic heterocycles. The third-order valence-electron chi connectivity index (χ3n) is 5.25. The Bertz CT molecular complexity index is 1030. The number of para-hydroxylation sites is 2. The van der Waals surface area contributed by atoms with Gasteiger partial charge in [-0.1, -0.05) is 32.0 Å². The van der Waals surface area contributed by atoms with Gasteiger partial charge in [0.05, 0.1) is 23.7 Å². The van der Waals surface area contributed by atoms with Gasteiger partial charge in [0.2, 0.25) is 11.9 Å². The molecule has 6 nitrogen and oxygen atoms in total. The second-order valence-corrected chi connectivity index (χ2v) is 8.61. The van der Waals surface area contributed by atoms with Crippen LogP contribution >= 0.6 is 11.3 Å². The summed E-state index contributed by atoms with van der Waals surface area (Å²) in [7, 11) is 0. The molecule has 29 heavy (non-hydrogen) atoms. The van der Waals surface area contributed by atoms with Gasteiger partial charge in [0.25, 0.3) is 0 Å². The molecule has 0 saturated heterocycles. The number of esters is 1. The van der Waals surface area contributed by atoms with Gasteiger partial charge in [0.1, 0.15) is 0 Å². The van der Waals surface area contributed by atoms with Crippen molar-refractivity contribution in [3.63, 3.8) is 0 Å². The Morgan fingerprint density at radius 3 is 2.72 bits per heavy atom. The molecule has 2 atom stereocenters. The summed E-state index contributed by atoms with van der Waals surface area (Å²) in [5.74, 6) is -0.599. The molecule has 3 heterocycles. The summed E-state index contributed by atoms with van der Waals surface area (Å²) in [5, 5.41) is 1.96. The minimum absolute atomic E-state index is 0.231. The fourth-order valence-electron chi connectivity index (χ4n) is 3.86. The highest BCUT2D eigenvalue weighted by atomic mass is 32.1. The Morgan fingerprint density at radius 1 is 1.24 bits per heavy atom. The summed E-state index contributed by atoms with van der Waals surface area (Å²) in [6.07, 6.45) is 0.828. The zero-order valence-corrected chi connectivity index (χ0v) is 17.7. The molecule has 0 aliphatic carbocycles. The molecule has 0 spiro atoms. The average molecular weight is 412 g/mol. The molecule has 7 heteroatoms. The number of imidazole rings is 1. The van der Waals surface area contributed by atoms with E-state index in [1.54, 1.807) is 11.8 Å². The first-order valence-electron chi connectivity index (χ1n) is 10.0. The molecule has 1 aliphatic rings. The lowest BCUT2D eigenvalue weighted by Crippen LogP contribution is -2.50. The molecular formula is C22H25N3O3S. The van der Waals surface area contributed by atoms with Crippen molar-refractivity contribution in [2.45, 2.75) is 33.2 Å². The van der Waals surface area contributed by atoms with Gasteiger partial charge in [0.15, 0.2) is 5.92 Å². The van der Waals surface area contributed by atoms with Gasteiger partial charge in [-0.05, 0) is 42.8 Å². The molecule has 0 saturated carbocycles. The fourth-order valence-corrected chi connectivity index (χ4v) is 4.71. The van der Waals surface area contributed by atoms with Crippen molar-refractivity contribution < 1.29 is 14.3 Å². The number of benzene rings is 1. The Kier molecular flexibility index (Phi) is 5.41. The molecule has 4 rings (SSSR count). The van der Waals surface area contributed by atoms with Crippen LogP contribution in [0.4, 0.5) is 5.95 Å². The van der Waals surface area contributed by atoms with Crippen molar-refractivity contribution in [2.24, 2.45) is 11.8 Å². The molecule has 0 unspecified atom stereocenters. The van der Waals surface area contributed by atoms with E-state index in [2.05, 4.69) is 13.8 Å². The molecule has 0 bridgehead atoms. The molecule has 1 amide bonds. The maximum Gasteiger partial charge on any atom is 0.321 e. The van der Waals surface area contributed by atoms with Gasteiger partial charge in [-0.15, -0.1) is 11.3 Å². The maximum atomic E-state index is 13.6. The summed E-state index contributed by atoms with van der Waals surface area (Å²) >= 11 is 1.54. The van der Waals surface area contributed by atoms with Crippen LogP contribution in [0.5, 0.6) is 0 Å². The largest absolute Gasteiger partial charge is 0.465 e. The summed E-state index contributed by atoms with van der Waals surface area (Å²) in [5.41, 5.74) is 1.73. The number of thiophene rings is 1. The van der Waals surface area contributed by atoms with Gasteiger partial charge >= 0.3 is 5.97 Å². The molecule has 0 fully saturated rings. The van der Waals surface area contributed by atoms with Crippen molar-refractivity contribution in [1.82, 2.24) is 9.55 Å². The van der Waals surface area contributed by atoms with E-state index >= 15 is 0 Å². The fraction of sp³-hybridized carbons (Fsp3) is 0.409. The first-order valence-corrected chi connectivity index (χ1v) is 10.9. The summed E-state index contributed by atoms with van der Waals surface area (Å²) < 4.78 is 7.39. The molecule has 0 N–H and O–H groups in total. The van der Waals surface area contributed by atoms with Crippen molar-refractivity contribution in [1.29, 1.82) is 0 Å². The lowest BCUT2D eigenvalue weighted by molar-refractivity contribution is -0.153. The van der Waals surface area contributed by atoms with Gasteiger partial charge < -0.3 is 4.74 Å². The van der Waals surface area contributed by atoms with E-state index in [1.807, 2.05) is 46.3 Å². The minimum atomic E-state index is -0.925. The summed E-state index contributed by atoms with van der Waals surface area (Å²) in [6.45, 7) is 6.76. The second kappa shape index (κ2) is 7.99. The molecule has 1 aliphatic heterocycles. The zero-order valence-electron chi connectivity index (χ0n) is 16.9. The molecule has 152 valence electrons. The highest BCUT2D eigenvalue weighted by Crippen LogP contribution is 2.42. The summed E-state index contributed by atoms with van der Waals surface area (Å²) in [6, 6.07) is 11.3. The lowest BCUT2D eigenvalue weighted by atomic mass is 9.93. The predicted molar refractivity (Wildman–Crippen MR) is 114 cm³/mol. The minimum Gasteiger partial charge on any atom is -0.465 e. The van der Waals surface area contributed by atoms with Gasteiger partial charge in [0, 0.05) is 11.4 Å². The highest BCUT2D eigenvalue weighted by molar-refractivity contribution is 7.10. The van der Waals surface area contributed by atoms with Crippen LogP contribution < -0.4 is 4.90 Å². The number of amides is 1. The molecule has 0 radical (unpaired) electrons. The highest BCUT2D eigenvalue weighted by Gasteiger charge is 2.48. The predicted octanol–water partition coefficient (Wildman–Crippen LogP) is 4.26. The Morgan fingerprint density at radius 2 is 2.03 bits per heavy atom. The number of fused-ring (bicyclic) bond motifs is 3. The number of nitrogens with zero attached hydrogens (tertiary/aromatic N) is 3. The lowest BCUT2D eigenvalue weighted by Gasteiger charge is -2.37. The average Bonchev–Trinajstić information content (AvgIpc) is 3.34. The Balaban J connectivity index is 1.93. The third-order valence-corrected chi connectivity index (χ3v) is 6.19. The first kappa shape index (κ1) is 19.6. The van der Waals surface area contributed by atoms with Crippen LogP contribution in [0.15, 0.2) is 41.8 Å². The van der Waals surface area contributed by atoms with Crippen LogP contribution in [-0.2, 0) is 14.3 Å². The van der Waals surface area contributed by atoms with Crippen LogP contribution in [0.3, 0.4) is 0 Å². The van der Waals surface area contributed by atoms with Crippen molar-refractivity contribution in [3.8, 4) is 0 Å². The third kappa shape index (κ3) is 3.44. The van der Waals surface area contributed by atoms with E-state index in [-0.39, 0.29) is 12.5 Å². The number of aromatic nitrogens is 2. The monoisotopic (exact) mass is 411 g/mol. The number of hydrogen-bond donors (Lipinski definition) is 0. The number of ether oxygens (including phenoxy) is 1. The molecule has 3 aromatic rings. The van der Waals surface area contributed by atoms with Crippen LogP contribution in [-0.4, -0.2) is 34.6 Å². The van der Waals surface area contributed by atoms with Crippen molar-refractivity contribution in [3.05, 3.63) is 46.7 Å². The quantitative estimate of drug-likeness (QED) is 0.449. The Labute approximate surface area is 174 Å². The van der Waals surface area contributed by atoms with E-state index in [0.717, 1.165) is 22.3 Å². The summed E-state index contributed by atoms with van der Waals surface area (Å²) in [4.78, 5) is 33.9. The van der Waals surface area contributed by atoms with Crippen LogP contribution in [0.2, 0.25) is 0 Å². The van der Waals surface area contributed by atoms with Crippen LogP contribution in [0, 0.1) is 11.8 Å². The van der Waals surface area contributed by atoms with E-state index in [0.29, 0.717) is 18.4 Å². The number of carbonyl (C=O) groups excluding carboxylic acids is 2. The van der Waals surface area contributed by atoms with Gasteiger partial charge in [-0.2, -0.15) is 0 Å². The Hall–Kier alpha value is -2.67. The van der Waals surface area contributed by atoms with Crippen LogP contribution in [0.25, 0.3) is 11.0 Å². The van der Waals surface area contributed by atoms with E-state index in [9.17, 15) is 9.59 Å². The van der Waals surface area contributed by atoms with E-state index < -0.39 is 17.9 Å². The standard InChI is InChI=1S/C22H25N3O3S/c1-4-28-21(27)18-19(17-10-7-13-29-17)25-16-9-6-5-8-15(16)23-22(25)24(20(18)26)12-11-14(2)3/h5-10,13-14,18-19H,4,11-12H2,1-3H3/t18-,19+/m1/s1. The number of rotatable bonds is 6. The molecule has 1 aromatic carbocycles. The van der Waals surface area contributed by atoms with Crippen molar-refractivity contribution >= 4 is 40.2 Å². The van der Waals surface area contributed by atoms with E-state index in [1.165, 1.54) is 11.3 Å². The number of hydrogen-bond acceptors (Lipinski definition) is 5. The molecular weight excluding hydrogens is 386 g/mol. The second-order valence-electron chi connectivity index (χ2n) is 7.63. The van der Waals surface area contributed by atoms with Gasteiger partial charge in [-0.25, -0.2) is 4.98 Å². The normalized spacial score (nSPS) is 19.0. The first-order chi connectivity index (χ1) is 14.0. The zero-order chi connectivity index (χ0) is 20.5. The number of carbonyl (C=O) groups is 2. The number of anilines is 1. The van der Waals surface area contributed by atoms with E-state index in [4.69, 9.17) is 9.72 Å². The van der Waals surface area contributed by atoms with Crippen LogP contribution in [0.1, 0.15) is 38.1 Å². The van der Waals surface area contributed by atoms with Crippen molar-refractivity contribution in [2.75, 3.05) is 18.1 Å². The SMILES string of the molecule is CCOC(=O)[C@H]1C(=O)N(CCC(C)C)c2nc3ccccc3n2[C@H]1c1cccs1. The smallest absolute Gasteiger partial charge is 0.321 e. The topological polar surface area (TPSA) is 64.4 Å². The maximum absolute atomic E-state index is 13.6. The van der Waals surface area contributed by atoms with Gasteiger partial charge in [-0.3, -0.25) is 19.1 Å².